The monoisotopic (exact) mass is 361 g/mol. The Morgan fingerprint density at radius 1 is 1.46 bits per heavy atom. The average molecular weight is 361 g/mol. The molecule has 0 aromatic carbocycles. The number of hydrogen-bond donors (Lipinski definition) is 4. The first-order valence-electron chi connectivity index (χ1n) is 8.33. The molecule has 10 nitrogen and oxygen atoms in total. The second-order valence-electron chi connectivity index (χ2n) is 5.71. The fraction of sp³-hybridized carbons (Fsp3) is 0.438. The first kappa shape index (κ1) is 19.2. The van der Waals surface area contributed by atoms with Crippen LogP contribution in [-0.4, -0.2) is 57.3 Å². The molecule has 1 fully saturated rings. The summed E-state index contributed by atoms with van der Waals surface area (Å²) in [6, 6.07) is 3.72. The van der Waals surface area contributed by atoms with E-state index in [0.29, 0.717) is 24.0 Å². The first-order chi connectivity index (χ1) is 12.6. The molecule has 5 N–H and O–H groups in total. The van der Waals surface area contributed by atoms with Crippen LogP contribution in [0.25, 0.3) is 0 Å². The van der Waals surface area contributed by atoms with E-state index in [1.165, 1.54) is 0 Å². The van der Waals surface area contributed by atoms with Gasteiger partial charge in [0.05, 0.1) is 5.56 Å². The van der Waals surface area contributed by atoms with Crippen molar-refractivity contribution in [1.82, 2.24) is 25.5 Å². The van der Waals surface area contributed by atoms with Crippen molar-refractivity contribution < 1.29 is 14.7 Å². The second-order valence-corrected chi connectivity index (χ2v) is 5.71. The molecule has 0 spiro atoms. The molecule has 2 aromatic rings. The maximum Gasteiger partial charge on any atom is 0.290 e. The van der Waals surface area contributed by atoms with E-state index in [1.54, 1.807) is 6.20 Å². The van der Waals surface area contributed by atoms with Crippen molar-refractivity contribution in [2.75, 3.05) is 30.3 Å². The third kappa shape index (κ3) is 4.91. The Balaban J connectivity index is 0.000000758. The lowest BCUT2D eigenvalue weighted by molar-refractivity contribution is -0.122. The number of nitrogens with two attached hydrogens (primary N) is 1. The minimum absolute atomic E-state index is 0.0897. The number of H-pyrrole nitrogens is 1. The number of piperidine rings is 1. The number of hydrogen-bond acceptors (Lipinski definition) is 7. The number of nitrogens with one attached hydrogen (secondary N) is 2. The van der Waals surface area contributed by atoms with Gasteiger partial charge in [0.15, 0.2) is 0 Å². The second kappa shape index (κ2) is 9.35. The van der Waals surface area contributed by atoms with Crippen molar-refractivity contribution >= 4 is 24.1 Å². The first-order valence-corrected chi connectivity index (χ1v) is 8.33. The topological polar surface area (TPSA) is 150 Å². The van der Waals surface area contributed by atoms with Crippen LogP contribution in [0.2, 0.25) is 0 Å². The summed E-state index contributed by atoms with van der Waals surface area (Å²) < 4.78 is 0. The Labute approximate surface area is 150 Å². The van der Waals surface area contributed by atoms with E-state index < -0.39 is 0 Å². The molecule has 140 valence electrons. The fourth-order valence-corrected chi connectivity index (χ4v) is 2.82. The van der Waals surface area contributed by atoms with Gasteiger partial charge in [0, 0.05) is 31.7 Å². The molecular formula is C16H23N7O3. The van der Waals surface area contributed by atoms with Crippen molar-refractivity contribution in [3.05, 3.63) is 29.7 Å². The Kier molecular flexibility index (Phi) is 6.89. The Hall–Kier alpha value is -3.17. The van der Waals surface area contributed by atoms with Crippen molar-refractivity contribution in [2.24, 2.45) is 0 Å². The zero-order valence-electron chi connectivity index (χ0n) is 14.6. The maximum absolute atomic E-state index is 11.7. The molecule has 26 heavy (non-hydrogen) atoms. The van der Waals surface area contributed by atoms with Gasteiger partial charge in [-0.2, -0.15) is 4.98 Å². The van der Waals surface area contributed by atoms with E-state index in [4.69, 9.17) is 15.6 Å². The highest BCUT2D eigenvalue weighted by Gasteiger charge is 2.24. The van der Waals surface area contributed by atoms with Crippen LogP contribution in [-0.2, 0) is 4.79 Å². The molecule has 0 saturated carbocycles. The van der Waals surface area contributed by atoms with E-state index in [9.17, 15) is 4.79 Å². The van der Waals surface area contributed by atoms with Crippen LogP contribution in [0, 0.1) is 0 Å². The summed E-state index contributed by atoms with van der Waals surface area (Å²) in [5, 5.41) is 16.4. The molecule has 3 rings (SSSR count). The van der Waals surface area contributed by atoms with Gasteiger partial charge in [-0.15, -0.1) is 5.10 Å². The number of carbonyl (C=O) groups excluding carboxylic acids is 1. The number of rotatable bonds is 4. The molecule has 0 bridgehead atoms. The maximum atomic E-state index is 11.7. The zero-order valence-corrected chi connectivity index (χ0v) is 14.6. The molecule has 2 aromatic heterocycles. The molecular weight excluding hydrogens is 338 g/mol. The molecule has 0 atom stereocenters. The smallest absolute Gasteiger partial charge is 0.290 e. The molecule has 10 heteroatoms. The predicted molar refractivity (Wildman–Crippen MR) is 95.9 cm³/mol. The third-order valence-electron chi connectivity index (χ3n) is 4.07. The number of aromatic nitrogens is 4. The normalized spacial score (nSPS) is 14.3. The van der Waals surface area contributed by atoms with Gasteiger partial charge in [0.1, 0.15) is 11.6 Å². The number of anilines is 2. The van der Waals surface area contributed by atoms with Crippen LogP contribution >= 0.6 is 0 Å². The number of nitrogen functional groups attached to an aromatic ring is 1. The van der Waals surface area contributed by atoms with Crippen LogP contribution in [0.5, 0.6) is 0 Å². The summed E-state index contributed by atoms with van der Waals surface area (Å²) in [6.07, 6.45) is 3.56. The van der Waals surface area contributed by atoms with Crippen LogP contribution in [0.4, 0.5) is 11.8 Å². The Morgan fingerprint density at radius 3 is 2.65 bits per heavy atom. The highest BCUT2D eigenvalue weighted by atomic mass is 16.3. The van der Waals surface area contributed by atoms with E-state index >= 15 is 0 Å². The minimum atomic E-state index is -0.250. The van der Waals surface area contributed by atoms with Crippen LogP contribution < -0.4 is 16.0 Å². The van der Waals surface area contributed by atoms with E-state index in [0.717, 1.165) is 37.6 Å². The van der Waals surface area contributed by atoms with Gasteiger partial charge in [0.2, 0.25) is 5.95 Å². The summed E-state index contributed by atoms with van der Waals surface area (Å²) in [6.45, 7) is 4.03. The minimum Gasteiger partial charge on any atom is -0.483 e. The number of carbonyl (C=O) groups is 2. The fourth-order valence-electron chi connectivity index (χ4n) is 2.82. The standard InChI is InChI=1S/C15H21N7O.CH2O2/c1-2-17-14(23)11-3-4-12(18-9-11)22-7-5-10(6-8-22)13-19-15(16)21-20-13;2-1-3/h3-4,9-10H,2,5-8H2,1H3,(H,17,23)(H3,16,19,20,21);1H,(H,2,3). The van der Waals surface area contributed by atoms with Gasteiger partial charge in [-0.3, -0.25) is 14.7 Å². The molecule has 1 saturated heterocycles. The molecule has 1 aliphatic rings. The van der Waals surface area contributed by atoms with Gasteiger partial charge >= 0.3 is 0 Å². The highest BCUT2D eigenvalue weighted by molar-refractivity contribution is 5.93. The SMILES string of the molecule is CCNC(=O)c1ccc(N2CCC(c3nc(N)n[nH]3)CC2)nc1.O=CO. The van der Waals surface area contributed by atoms with Gasteiger partial charge in [0.25, 0.3) is 12.4 Å². The highest BCUT2D eigenvalue weighted by Crippen LogP contribution is 2.27. The number of aromatic amines is 1. The van der Waals surface area contributed by atoms with Gasteiger partial charge in [-0.05, 0) is 31.9 Å². The Morgan fingerprint density at radius 2 is 2.15 bits per heavy atom. The molecule has 3 heterocycles. The van der Waals surface area contributed by atoms with Gasteiger partial charge in [-0.1, -0.05) is 0 Å². The summed E-state index contributed by atoms with van der Waals surface area (Å²) in [4.78, 5) is 31.0. The quantitative estimate of drug-likeness (QED) is 0.579. The average Bonchev–Trinajstić information content (AvgIpc) is 3.09. The van der Waals surface area contributed by atoms with Gasteiger partial charge < -0.3 is 21.1 Å². The Bertz CT molecular complexity index is 709. The number of nitrogens with zero attached hydrogens (tertiary/aromatic N) is 4. The molecule has 0 radical (unpaired) electrons. The summed E-state index contributed by atoms with van der Waals surface area (Å²) in [5.74, 6) is 2.32. The number of carboxylic acid groups (broad SMARTS) is 1. The third-order valence-corrected chi connectivity index (χ3v) is 4.07. The van der Waals surface area contributed by atoms with Crippen molar-refractivity contribution in [1.29, 1.82) is 0 Å². The van der Waals surface area contributed by atoms with Crippen molar-refractivity contribution in [2.45, 2.75) is 25.7 Å². The predicted octanol–water partition coefficient (Wildman–Crippen LogP) is 0.616. The summed E-state index contributed by atoms with van der Waals surface area (Å²) >= 11 is 0. The van der Waals surface area contributed by atoms with E-state index in [2.05, 4.69) is 30.4 Å². The van der Waals surface area contributed by atoms with E-state index in [1.807, 2.05) is 19.1 Å². The van der Waals surface area contributed by atoms with Crippen molar-refractivity contribution in [3.63, 3.8) is 0 Å². The zero-order chi connectivity index (χ0) is 18.9. The van der Waals surface area contributed by atoms with E-state index in [-0.39, 0.29) is 12.4 Å². The van der Waals surface area contributed by atoms with Gasteiger partial charge in [-0.25, -0.2) is 4.98 Å². The molecule has 1 aliphatic heterocycles. The summed E-state index contributed by atoms with van der Waals surface area (Å²) in [5.41, 5.74) is 6.14. The lowest BCUT2D eigenvalue weighted by atomic mass is 9.96. The van der Waals surface area contributed by atoms with Crippen LogP contribution in [0.1, 0.15) is 41.9 Å². The molecule has 0 aliphatic carbocycles. The van der Waals surface area contributed by atoms with Crippen molar-refractivity contribution in [3.8, 4) is 0 Å². The largest absolute Gasteiger partial charge is 0.483 e. The lowest BCUT2D eigenvalue weighted by Crippen LogP contribution is -2.34. The molecule has 0 unspecified atom stereocenters. The number of pyridine rings is 1. The number of amides is 1. The van der Waals surface area contributed by atoms with Crippen LogP contribution in [0.3, 0.4) is 0 Å². The van der Waals surface area contributed by atoms with Crippen LogP contribution in [0.15, 0.2) is 18.3 Å². The lowest BCUT2D eigenvalue weighted by Gasteiger charge is -2.31. The molecule has 1 amide bonds. The summed E-state index contributed by atoms with van der Waals surface area (Å²) in [7, 11) is 0.